The first-order valence-electron chi connectivity index (χ1n) is 11.4. The van der Waals surface area contributed by atoms with E-state index in [0.717, 1.165) is 42.4 Å². The lowest BCUT2D eigenvalue weighted by molar-refractivity contribution is -0.127. The highest BCUT2D eigenvalue weighted by Gasteiger charge is 2.36. The van der Waals surface area contributed by atoms with Crippen LogP contribution in [0.25, 0.3) is 10.9 Å². The van der Waals surface area contributed by atoms with Crippen LogP contribution in [-0.4, -0.2) is 47.5 Å². The molecule has 0 spiro atoms. The molecule has 32 heavy (non-hydrogen) atoms. The fourth-order valence-corrected chi connectivity index (χ4v) is 5.23. The second-order valence-electron chi connectivity index (χ2n) is 9.27. The molecule has 1 aliphatic heterocycles. The molecule has 3 atom stereocenters. The van der Waals surface area contributed by atoms with Gasteiger partial charge in [0, 0.05) is 36.3 Å². The summed E-state index contributed by atoms with van der Waals surface area (Å²) >= 11 is 0. The molecule has 2 aliphatic rings. The summed E-state index contributed by atoms with van der Waals surface area (Å²) in [6.07, 6.45) is 4.66. The molecule has 1 aromatic heterocycles. The van der Waals surface area contributed by atoms with Crippen molar-refractivity contribution in [2.24, 2.45) is 13.0 Å². The Morgan fingerprint density at radius 3 is 2.72 bits per heavy atom. The zero-order chi connectivity index (χ0) is 22.2. The van der Waals surface area contributed by atoms with E-state index in [1.807, 2.05) is 54.2 Å². The standard InChI is InChI=1S/C26H30N4O2/c1-29-12-5-7-20(16-29)26(32)28-24-21-8-4-3-6-17(21)15-22(24)27-25(31)19-9-10-23-18(14-19)11-13-30(23)2/h3-4,6,8-11,13-14,20,22,24H,5,7,12,15-16H2,1-2H3,(H,27,31)(H,28,32)/t20-,22+,24+/m1/s1. The van der Waals surface area contributed by atoms with Gasteiger partial charge in [0.15, 0.2) is 0 Å². The number of nitrogens with zero attached hydrogens (tertiary/aromatic N) is 2. The minimum atomic E-state index is -0.213. The van der Waals surface area contributed by atoms with Gasteiger partial charge in [0.2, 0.25) is 5.91 Å². The molecule has 0 unspecified atom stereocenters. The Morgan fingerprint density at radius 2 is 1.88 bits per heavy atom. The van der Waals surface area contributed by atoms with Crippen LogP contribution >= 0.6 is 0 Å². The van der Waals surface area contributed by atoms with Crippen LogP contribution in [0.2, 0.25) is 0 Å². The predicted molar refractivity (Wildman–Crippen MR) is 125 cm³/mol. The summed E-state index contributed by atoms with van der Waals surface area (Å²) in [6.45, 7) is 1.83. The van der Waals surface area contributed by atoms with Crippen LogP contribution in [0.4, 0.5) is 0 Å². The number of amides is 2. The van der Waals surface area contributed by atoms with Gasteiger partial charge in [0.05, 0.1) is 18.0 Å². The number of likely N-dealkylation sites (tertiary alicyclic amines) is 1. The Kier molecular flexibility index (Phi) is 5.47. The van der Waals surface area contributed by atoms with Gasteiger partial charge < -0.3 is 20.1 Å². The maximum Gasteiger partial charge on any atom is 0.251 e. The maximum absolute atomic E-state index is 13.1. The number of carbonyl (C=O) groups excluding carboxylic acids is 2. The van der Waals surface area contributed by atoms with E-state index in [2.05, 4.69) is 34.7 Å². The number of hydrogen-bond acceptors (Lipinski definition) is 3. The Balaban J connectivity index is 1.35. The first-order valence-corrected chi connectivity index (χ1v) is 11.4. The smallest absolute Gasteiger partial charge is 0.251 e. The molecular formula is C26H30N4O2. The van der Waals surface area contributed by atoms with Crippen LogP contribution in [0.1, 0.15) is 40.4 Å². The van der Waals surface area contributed by atoms with E-state index in [1.54, 1.807) is 0 Å². The highest BCUT2D eigenvalue weighted by molar-refractivity contribution is 5.98. The van der Waals surface area contributed by atoms with Gasteiger partial charge >= 0.3 is 0 Å². The highest BCUT2D eigenvalue weighted by atomic mass is 16.2. The van der Waals surface area contributed by atoms with Crippen molar-refractivity contribution >= 4 is 22.7 Å². The molecule has 166 valence electrons. The molecule has 6 heteroatoms. The minimum Gasteiger partial charge on any atom is -0.351 e. The molecule has 1 aliphatic carbocycles. The molecule has 2 amide bonds. The number of rotatable bonds is 4. The van der Waals surface area contributed by atoms with Gasteiger partial charge in [-0.25, -0.2) is 0 Å². The third-order valence-corrected chi connectivity index (χ3v) is 6.99. The molecule has 1 saturated heterocycles. The Hall–Kier alpha value is -3.12. The Morgan fingerprint density at radius 1 is 1.03 bits per heavy atom. The van der Waals surface area contributed by atoms with Gasteiger partial charge in [-0.2, -0.15) is 0 Å². The van der Waals surface area contributed by atoms with Crippen LogP contribution in [0, 0.1) is 5.92 Å². The average molecular weight is 431 g/mol. The molecule has 2 N–H and O–H groups in total. The molecule has 0 bridgehead atoms. The molecule has 0 radical (unpaired) electrons. The fourth-order valence-electron chi connectivity index (χ4n) is 5.23. The number of piperidine rings is 1. The van der Waals surface area contributed by atoms with Crippen molar-refractivity contribution in [3.8, 4) is 0 Å². The van der Waals surface area contributed by atoms with E-state index in [4.69, 9.17) is 0 Å². The van der Waals surface area contributed by atoms with E-state index >= 15 is 0 Å². The highest BCUT2D eigenvalue weighted by Crippen LogP contribution is 2.32. The van der Waals surface area contributed by atoms with Gasteiger partial charge in [0.25, 0.3) is 5.91 Å². The molecule has 3 aromatic rings. The molecule has 2 heterocycles. The zero-order valence-corrected chi connectivity index (χ0v) is 18.7. The van der Waals surface area contributed by atoms with Gasteiger partial charge in [0.1, 0.15) is 0 Å². The van der Waals surface area contributed by atoms with Crippen molar-refractivity contribution in [1.82, 2.24) is 20.1 Å². The third-order valence-electron chi connectivity index (χ3n) is 6.99. The van der Waals surface area contributed by atoms with Crippen molar-refractivity contribution in [3.05, 3.63) is 71.4 Å². The second kappa shape index (κ2) is 8.43. The van der Waals surface area contributed by atoms with Gasteiger partial charge in [-0.1, -0.05) is 24.3 Å². The van der Waals surface area contributed by atoms with E-state index in [0.29, 0.717) is 12.0 Å². The van der Waals surface area contributed by atoms with E-state index < -0.39 is 0 Å². The monoisotopic (exact) mass is 430 g/mol. The largest absolute Gasteiger partial charge is 0.351 e. The van der Waals surface area contributed by atoms with Crippen molar-refractivity contribution in [1.29, 1.82) is 0 Å². The van der Waals surface area contributed by atoms with Crippen molar-refractivity contribution < 1.29 is 9.59 Å². The fraction of sp³-hybridized carbons (Fsp3) is 0.385. The Labute approximate surface area is 188 Å². The van der Waals surface area contributed by atoms with E-state index in [1.165, 1.54) is 5.56 Å². The first kappa shape index (κ1) is 20.8. The zero-order valence-electron chi connectivity index (χ0n) is 18.7. The van der Waals surface area contributed by atoms with Crippen LogP contribution in [0.3, 0.4) is 0 Å². The predicted octanol–water partition coefficient (Wildman–Crippen LogP) is 3.03. The summed E-state index contributed by atoms with van der Waals surface area (Å²) in [5, 5.41) is 7.53. The average Bonchev–Trinajstić information content (AvgIpc) is 3.33. The van der Waals surface area contributed by atoms with Crippen molar-refractivity contribution in [2.45, 2.75) is 31.3 Å². The quantitative estimate of drug-likeness (QED) is 0.669. The van der Waals surface area contributed by atoms with Crippen molar-refractivity contribution in [2.75, 3.05) is 20.1 Å². The number of carbonyl (C=O) groups is 2. The third kappa shape index (κ3) is 3.91. The number of benzene rings is 2. The van der Waals surface area contributed by atoms with Gasteiger partial charge in [-0.15, -0.1) is 0 Å². The molecule has 1 fully saturated rings. The molecule has 2 aromatic carbocycles. The molecule has 0 saturated carbocycles. The Bertz CT molecular complexity index is 1170. The van der Waals surface area contributed by atoms with Crippen LogP contribution in [0.5, 0.6) is 0 Å². The van der Waals surface area contributed by atoms with E-state index in [9.17, 15) is 9.59 Å². The lowest BCUT2D eigenvalue weighted by Gasteiger charge is -2.31. The van der Waals surface area contributed by atoms with Crippen LogP contribution in [-0.2, 0) is 18.3 Å². The van der Waals surface area contributed by atoms with Gasteiger partial charge in [-0.3, -0.25) is 9.59 Å². The maximum atomic E-state index is 13.1. The summed E-state index contributed by atoms with van der Waals surface area (Å²) in [6, 6.07) is 15.6. The van der Waals surface area contributed by atoms with E-state index in [-0.39, 0.29) is 29.8 Å². The SMILES string of the molecule is CN1CCC[C@@H](C(=O)N[C@H]2c3ccccc3C[C@@H]2NC(=O)c2ccc3c(ccn3C)c2)C1. The number of nitrogens with one attached hydrogen (secondary N) is 2. The lowest BCUT2D eigenvalue weighted by atomic mass is 9.96. The molecule has 6 nitrogen and oxygen atoms in total. The molecule has 5 rings (SSSR count). The molecular weight excluding hydrogens is 400 g/mol. The summed E-state index contributed by atoms with van der Waals surface area (Å²) in [4.78, 5) is 28.5. The normalized spacial score (nSPS) is 23.1. The number of hydrogen-bond donors (Lipinski definition) is 2. The number of aromatic nitrogens is 1. The minimum absolute atomic E-state index is 0.00153. The second-order valence-corrected chi connectivity index (χ2v) is 9.27. The number of fused-ring (bicyclic) bond motifs is 2. The summed E-state index contributed by atoms with van der Waals surface area (Å²) < 4.78 is 2.04. The lowest BCUT2D eigenvalue weighted by Crippen LogP contribution is -2.48. The van der Waals surface area contributed by atoms with Crippen molar-refractivity contribution in [3.63, 3.8) is 0 Å². The number of aryl methyl sites for hydroxylation is 1. The first-order chi connectivity index (χ1) is 15.5. The summed E-state index contributed by atoms with van der Waals surface area (Å²) in [7, 11) is 4.06. The summed E-state index contributed by atoms with van der Waals surface area (Å²) in [5.41, 5.74) is 4.02. The van der Waals surface area contributed by atoms with Crippen LogP contribution < -0.4 is 10.6 Å². The summed E-state index contributed by atoms with van der Waals surface area (Å²) in [5.74, 6) is -0.0215. The topological polar surface area (TPSA) is 66.4 Å². The van der Waals surface area contributed by atoms with Crippen LogP contribution in [0.15, 0.2) is 54.7 Å². The van der Waals surface area contributed by atoms with Gasteiger partial charge in [-0.05, 0) is 68.2 Å².